The van der Waals surface area contributed by atoms with Gasteiger partial charge in [-0.3, -0.25) is 0 Å². The highest BCUT2D eigenvalue weighted by Crippen LogP contribution is 2.32. The van der Waals surface area contributed by atoms with Gasteiger partial charge in [-0.1, -0.05) is 13.0 Å². The van der Waals surface area contributed by atoms with Crippen LogP contribution in [-0.2, 0) is 12.7 Å². The first-order chi connectivity index (χ1) is 10.2. The Morgan fingerprint density at radius 3 is 2.59 bits per heavy atom. The van der Waals surface area contributed by atoms with Crippen molar-refractivity contribution in [3.05, 3.63) is 35.1 Å². The zero-order valence-corrected chi connectivity index (χ0v) is 12.0. The Kier molecular flexibility index (Phi) is 6.61. The molecule has 0 saturated carbocycles. The van der Waals surface area contributed by atoms with Crippen molar-refractivity contribution in [2.75, 3.05) is 13.2 Å². The van der Waals surface area contributed by atoms with Crippen LogP contribution in [0.15, 0.2) is 18.2 Å². The van der Waals surface area contributed by atoms with Crippen LogP contribution in [0.3, 0.4) is 0 Å². The van der Waals surface area contributed by atoms with Crippen molar-refractivity contribution in [1.82, 2.24) is 10.6 Å². The molecule has 0 bridgehead atoms. The van der Waals surface area contributed by atoms with Crippen LogP contribution < -0.4 is 10.6 Å². The summed E-state index contributed by atoms with van der Waals surface area (Å²) in [4.78, 5) is 11.5. The lowest BCUT2D eigenvalue weighted by atomic mass is 10.1. The number of carbonyl (C=O) groups excluding carboxylic acids is 1. The predicted octanol–water partition coefficient (Wildman–Crippen LogP) is 2.66. The highest BCUT2D eigenvalue weighted by Gasteiger charge is 2.33. The number of rotatable bonds is 6. The predicted molar refractivity (Wildman–Crippen MR) is 72.5 cm³/mol. The second kappa shape index (κ2) is 7.98. The Balaban J connectivity index is 2.59. The fourth-order valence-electron chi connectivity index (χ4n) is 1.79. The summed E-state index contributed by atoms with van der Waals surface area (Å²) in [5, 5.41) is 13.5. The molecule has 0 saturated heterocycles. The molecule has 0 aromatic heterocycles. The lowest BCUT2D eigenvalue weighted by Gasteiger charge is -2.15. The summed E-state index contributed by atoms with van der Waals surface area (Å²) in [5.41, 5.74) is -1.33. The largest absolute Gasteiger partial charge is 0.416 e. The van der Waals surface area contributed by atoms with Gasteiger partial charge in [-0.15, -0.1) is 0 Å². The molecule has 1 atom stereocenters. The van der Waals surface area contributed by atoms with Crippen LogP contribution >= 0.6 is 0 Å². The minimum absolute atomic E-state index is 0.00497. The number of hydrogen-bond acceptors (Lipinski definition) is 2. The van der Waals surface area contributed by atoms with Crippen molar-refractivity contribution in [2.45, 2.75) is 26.1 Å². The van der Waals surface area contributed by atoms with E-state index in [1.165, 1.54) is 0 Å². The zero-order valence-electron chi connectivity index (χ0n) is 12.0. The Hall–Kier alpha value is -1.83. The first kappa shape index (κ1) is 18.2. The number of hydrogen-bond donors (Lipinski definition) is 3. The highest BCUT2D eigenvalue weighted by molar-refractivity contribution is 5.73. The number of halogens is 4. The van der Waals surface area contributed by atoms with E-state index in [2.05, 4.69) is 10.6 Å². The number of aliphatic hydroxyl groups excluding tert-OH is 1. The molecule has 0 radical (unpaired) electrons. The third-order valence-corrected chi connectivity index (χ3v) is 3.05. The van der Waals surface area contributed by atoms with Crippen LogP contribution in [-0.4, -0.2) is 24.3 Å². The summed E-state index contributed by atoms with van der Waals surface area (Å²) in [5.74, 6) is -0.939. The first-order valence-corrected chi connectivity index (χ1v) is 6.72. The fourth-order valence-corrected chi connectivity index (χ4v) is 1.79. The summed E-state index contributed by atoms with van der Waals surface area (Å²) in [6, 6.07) is 1.68. The maximum atomic E-state index is 12.9. The lowest BCUT2D eigenvalue weighted by Crippen LogP contribution is -2.37. The van der Waals surface area contributed by atoms with Gasteiger partial charge in [-0.2, -0.15) is 13.2 Å². The van der Waals surface area contributed by atoms with Gasteiger partial charge >= 0.3 is 12.2 Å². The molecule has 1 rings (SSSR count). The minimum atomic E-state index is -4.69. The summed E-state index contributed by atoms with van der Waals surface area (Å²) >= 11 is 0. The minimum Gasteiger partial charge on any atom is -0.396 e. The molecular formula is C14H18F4N2O2. The van der Waals surface area contributed by atoms with Crippen molar-refractivity contribution in [2.24, 2.45) is 5.92 Å². The molecule has 22 heavy (non-hydrogen) atoms. The second-order valence-electron chi connectivity index (χ2n) is 4.98. The third kappa shape index (κ3) is 5.88. The molecule has 3 N–H and O–H groups in total. The Bertz CT molecular complexity index is 506. The van der Waals surface area contributed by atoms with E-state index in [0.717, 1.165) is 12.1 Å². The average Bonchev–Trinajstić information content (AvgIpc) is 2.43. The monoisotopic (exact) mass is 322 g/mol. The van der Waals surface area contributed by atoms with Crippen LogP contribution in [0, 0.1) is 11.7 Å². The molecule has 1 aromatic rings. The van der Waals surface area contributed by atoms with Gasteiger partial charge in [0.05, 0.1) is 5.56 Å². The van der Waals surface area contributed by atoms with Crippen LogP contribution in [0.25, 0.3) is 0 Å². The van der Waals surface area contributed by atoms with E-state index in [4.69, 9.17) is 5.11 Å². The van der Waals surface area contributed by atoms with Crippen molar-refractivity contribution in [3.63, 3.8) is 0 Å². The van der Waals surface area contributed by atoms with Crippen LogP contribution in [0.5, 0.6) is 0 Å². The molecule has 0 fully saturated rings. The van der Waals surface area contributed by atoms with E-state index >= 15 is 0 Å². The van der Waals surface area contributed by atoms with Gasteiger partial charge in [0.2, 0.25) is 0 Å². The topological polar surface area (TPSA) is 61.4 Å². The van der Waals surface area contributed by atoms with Crippen molar-refractivity contribution in [3.8, 4) is 0 Å². The number of amides is 2. The number of aliphatic hydroxyl groups is 1. The Morgan fingerprint density at radius 1 is 1.32 bits per heavy atom. The van der Waals surface area contributed by atoms with Crippen molar-refractivity contribution in [1.29, 1.82) is 0 Å². The van der Waals surface area contributed by atoms with E-state index in [0.29, 0.717) is 19.0 Å². The molecule has 2 amide bonds. The lowest BCUT2D eigenvalue weighted by molar-refractivity contribution is -0.138. The first-order valence-electron chi connectivity index (χ1n) is 6.72. The van der Waals surface area contributed by atoms with Crippen LogP contribution in [0.1, 0.15) is 24.5 Å². The zero-order chi connectivity index (χ0) is 16.8. The quantitative estimate of drug-likeness (QED) is 0.705. The van der Waals surface area contributed by atoms with Gasteiger partial charge in [0, 0.05) is 19.7 Å². The summed E-state index contributed by atoms with van der Waals surface area (Å²) in [6.07, 6.45) is -4.18. The third-order valence-electron chi connectivity index (χ3n) is 3.05. The van der Waals surface area contributed by atoms with Gasteiger partial charge in [0.1, 0.15) is 5.82 Å². The number of urea groups is 1. The molecule has 0 aliphatic rings. The molecule has 0 heterocycles. The second-order valence-corrected chi connectivity index (χ2v) is 4.98. The molecule has 1 unspecified atom stereocenters. The van der Waals surface area contributed by atoms with Gasteiger partial charge in [0.15, 0.2) is 0 Å². The molecule has 4 nitrogen and oxygen atoms in total. The molecule has 8 heteroatoms. The molecule has 124 valence electrons. The number of nitrogens with one attached hydrogen (secondary N) is 2. The van der Waals surface area contributed by atoms with Gasteiger partial charge in [-0.05, 0) is 30.0 Å². The SMILES string of the molecule is CC(CCO)CNC(=O)NCc1ccc(F)cc1C(F)(F)F. The average molecular weight is 322 g/mol. The van der Waals surface area contributed by atoms with Gasteiger partial charge in [0.25, 0.3) is 0 Å². The highest BCUT2D eigenvalue weighted by atomic mass is 19.4. The van der Waals surface area contributed by atoms with E-state index in [1.54, 1.807) is 0 Å². The van der Waals surface area contributed by atoms with Gasteiger partial charge in [-0.25, -0.2) is 9.18 Å². The number of carbonyl (C=O) groups is 1. The maximum Gasteiger partial charge on any atom is 0.416 e. The number of benzene rings is 1. The van der Waals surface area contributed by atoms with Gasteiger partial charge < -0.3 is 15.7 Å². The summed E-state index contributed by atoms with van der Waals surface area (Å²) in [7, 11) is 0. The molecule has 1 aromatic carbocycles. The Labute approximate surface area is 125 Å². The summed E-state index contributed by atoms with van der Waals surface area (Å²) in [6.45, 7) is 1.74. The molecule has 0 spiro atoms. The molecule has 0 aliphatic heterocycles. The van der Waals surface area contributed by atoms with Crippen molar-refractivity contribution < 1.29 is 27.5 Å². The van der Waals surface area contributed by atoms with E-state index in [-0.39, 0.29) is 24.6 Å². The Morgan fingerprint density at radius 2 is 2.00 bits per heavy atom. The number of alkyl halides is 3. The van der Waals surface area contributed by atoms with E-state index < -0.39 is 23.6 Å². The van der Waals surface area contributed by atoms with Crippen molar-refractivity contribution >= 4 is 6.03 Å². The normalized spacial score (nSPS) is 12.8. The maximum absolute atomic E-state index is 12.9. The van der Waals surface area contributed by atoms with Crippen LogP contribution in [0.2, 0.25) is 0 Å². The summed E-state index contributed by atoms with van der Waals surface area (Å²) < 4.78 is 51.3. The molecular weight excluding hydrogens is 304 g/mol. The van der Waals surface area contributed by atoms with E-state index in [1.807, 2.05) is 6.92 Å². The molecule has 0 aliphatic carbocycles. The van der Waals surface area contributed by atoms with E-state index in [9.17, 15) is 22.4 Å². The smallest absolute Gasteiger partial charge is 0.396 e. The standard InChI is InChI=1S/C14H18F4N2O2/c1-9(4-5-21)7-19-13(22)20-8-10-2-3-11(15)6-12(10)14(16,17)18/h2-3,6,9,21H,4-5,7-8H2,1H3,(H2,19,20,22). The van der Waals surface area contributed by atoms with Crippen LogP contribution in [0.4, 0.5) is 22.4 Å². The fraction of sp³-hybridized carbons (Fsp3) is 0.500.